The molecule has 0 saturated carbocycles. The van der Waals surface area contributed by atoms with E-state index in [1.54, 1.807) is 30.5 Å². The number of hydrogen-bond acceptors (Lipinski definition) is 7. The molecule has 9 nitrogen and oxygen atoms in total. The fraction of sp³-hybridized carbons (Fsp3) is 0.118. The fourth-order valence-corrected chi connectivity index (χ4v) is 4.72. The van der Waals surface area contributed by atoms with Gasteiger partial charge in [0.25, 0.3) is 5.91 Å². The molecule has 0 saturated heterocycles. The van der Waals surface area contributed by atoms with Gasteiger partial charge >= 0.3 is 0 Å². The Bertz CT molecular complexity index is 1990. The number of amides is 1. The lowest BCUT2D eigenvalue weighted by Crippen LogP contribution is -2.19. The summed E-state index contributed by atoms with van der Waals surface area (Å²) >= 11 is 0. The van der Waals surface area contributed by atoms with Crippen molar-refractivity contribution in [1.82, 2.24) is 24.3 Å². The van der Waals surface area contributed by atoms with E-state index in [-0.39, 0.29) is 11.3 Å². The van der Waals surface area contributed by atoms with Crippen LogP contribution in [0.2, 0.25) is 0 Å². The number of aromatic nitrogens is 4. The standard InChI is InChI=1S/C34H29F2N7O2/c1-42(2)17-18-45-26-10-6-9-25(21-26)38-34-37-15-14-29(40-34)32-31(41-30-11-3-4-16-43(30)32)22-7-5-8-23(19-22)33(44)39-28-13-12-24(35)20-27(28)36/h3-16,19-21H,17-18H2,1-2H3,(H,39,44)(H,37,38,40). The van der Waals surface area contributed by atoms with E-state index < -0.39 is 17.5 Å². The van der Waals surface area contributed by atoms with Crippen molar-refractivity contribution in [1.29, 1.82) is 0 Å². The molecule has 0 spiro atoms. The number of pyridine rings is 1. The Labute approximate surface area is 258 Å². The molecular formula is C34H29F2N7O2. The Morgan fingerprint density at radius 1 is 0.933 bits per heavy atom. The van der Waals surface area contributed by atoms with Crippen molar-refractivity contribution in [2.24, 2.45) is 0 Å². The molecule has 2 N–H and O–H groups in total. The van der Waals surface area contributed by atoms with Crippen molar-refractivity contribution in [3.63, 3.8) is 0 Å². The third-order valence-corrected chi connectivity index (χ3v) is 6.90. The van der Waals surface area contributed by atoms with E-state index in [0.717, 1.165) is 30.1 Å². The van der Waals surface area contributed by atoms with E-state index in [4.69, 9.17) is 14.7 Å². The van der Waals surface area contributed by atoms with Crippen LogP contribution in [0.3, 0.4) is 0 Å². The van der Waals surface area contributed by atoms with Gasteiger partial charge in [-0.3, -0.25) is 9.20 Å². The summed E-state index contributed by atoms with van der Waals surface area (Å²) in [7, 11) is 3.99. The predicted molar refractivity (Wildman–Crippen MR) is 170 cm³/mol. The molecule has 0 aliphatic rings. The molecule has 0 bridgehead atoms. The summed E-state index contributed by atoms with van der Waals surface area (Å²) in [6.45, 7) is 1.36. The molecule has 0 aliphatic heterocycles. The lowest BCUT2D eigenvalue weighted by atomic mass is 10.0. The molecule has 11 heteroatoms. The summed E-state index contributed by atoms with van der Waals surface area (Å²) in [5.74, 6) is -1.03. The zero-order valence-corrected chi connectivity index (χ0v) is 24.5. The number of anilines is 3. The lowest BCUT2D eigenvalue weighted by molar-refractivity contribution is 0.102. The van der Waals surface area contributed by atoms with Crippen molar-refractivity contribution in [3.8, 4) is 28.4 Å². The number of ether oxygens (including phenoxy) is 1. The van der Waals surface area contributed by atoms with Gasteiger partial charge in [0.05, 0.1) is 22.8 Å². The molecule has 0 aliphatic carbocycles. The summed E-state index contributed by atoms with van der Waals surface area (Å²) in [4.78, 5) is 29.2. The minimum absolute atomic E-state index is 0.119. The van der Waals surface area contributed by atoms with Crippen LogP contribution in [0.1, 0.15) is 10.4 Å². The number of halogens is 2. The van der Waals surface area contributed by atoms with Crippen LogP contribution in [0.5, 0.6) is 5.75 Å². The maximum absolute atomic E-state index is 14.2. The number of imidazole rings is 1. The average Bonchev–Trinajstić information content (AvgIpc) is 3.42. The summed E-state index contributed by atoms with van der Waals surface area (Å²) in [5.41, 5.74) is 4.14. The highest BCUT2D eigenvalue weighted by Gasteiger charge is 2.19. The number of rotatable bonds is 10. The number of carbonyl (C=O) groups excluding carboxylic acids is 1. The zero-order chi connectivity index (χ0) is 31.3. The van der Waals surface area contributed by atoms with Gasteiger partial charge in [0.2, 0.25) is 5.95 Å². The molecule has 3 heterocycles. The van der Waals surface area contributed by atoms with Crippen LogP contribution in [-0.2, 0) is 0 Å². The van der Waals surface area contributed by atoms with Gasteiger partial charge in [-0.1, -0.05) is 24.3 Å². The summed E-state index contributed by atoms with van der Waals surface area (Å²) in [5, 5.41) is 5.77. The largest absolute Gasteiger partial charge is 0.492 e. The highest BCUT2D eigenvalue weighted by atomic mass is 19.1. The normalized spacial score (nSPS) is 11.1. The van der Waals surface area contributed by atoms with E-state index >= 15 is 0 Å². The number of benzene rings is 3. The Morgan fingerprint density at radius 3 is 2.64 bits per heavy atom. The van der Waals surface area contributed by atoms with Crippen LogP contribution in [0.25, 0.3) is 28.3 Å². The molecular weight excluding hydrogens is 576 g/mol. The Kier molecular flexibility index (Phi) is 8.43. The third-order valence-electron chi connectivity index (χ3n) is 6.90. The summed E-state index contributed by atoms with van der Waals surface area (Å²) < 4.78 is 35.3. The highest BCUT2D eigenvalue weighted by molar-refractivity contribution is 6.05. The second kappa shape index (κ2) is 12.9. The number of nitrogens with zero attached hydrogens (tertiary/aromatic N) is 5. The smallest absolute Gasteiger partial charge is 0.255 e. The molecule has 3 aromatic carbocycles. The van der Waals surface area contributed by atoms with Gasteiger partial charge in [0.1, 0.15) is 29.6 Å². The number of nitrogens with one attached hydrogen (secondary N) is 2. The second-order valence-corrected chi connectivity index (χ2v) is 10.5. The molecule has 0 fully saturated rings. The third kappa shape index (κ3) is 6.78. The van der Waals surface area contributed by atoms with E-state index in [1.807, 2.05) is 73.2 Å². The van der Waals surface area contributed by atoms with Crippen LogP contribution in [0.15, 0.2) is 103 Å². The first kappa shape index (κ1) is 29.4. The van der Waals surface area contributed by atoms with Crippen LogP contribution in [-0.4, -0.2) is 57.4 Å². The van der Waals surface area contributed by atoms with Gasteiger partial charge < -0.3 is 20.3 Å². The molecule has 0 atom stereocenters. The van der Waals surface area contributed by atoms with Crippen LogP contribution in [0.4, 0.5) is 26.1 Å². The quantitative estimate of drug-likeness (QED) is 0.180. The first-order valence-electron chi connectivity index (χ1n) is 14.2. The Morgan fingerprint density at radius 2 is 1.80 bits per heavy atom. The topological polar surface area (TPSA) is 96.7 Å². The maximum Gasteiger partial charge on any atom is 0.255 e. The van der Waals surface area contributed by atoms with Crippen molar-refractivity contribution in [2.45, 2.75) is 0 Å². The zero-order valence-electron chi connectivity index (χ0n) is 24.5. The van der Waals surface area contributed by atoms with E-state index in [0.29, 0.717) is 40.8 Å². The van der Waals surface area contributed by atoms with Crippen LogP contribution < -0.4 is 15.4 Å². The van der Waals surface area contributed by atoms with Gasteiger partial charge in [-0.05, 0) is 68.7 Å². The molecule has 6 aromatic rings. The summed E-state index contributed by atoms with van der Waals surface area (Å²) in [6, 6.07) is 24.9. The lowest BCUT2D eigenvalue weighted by Gasteiger charge is -2.12. The minimum atomic E-state index is -0.862. The molecule has 0 unspecified atom stereocenters. The molecule has 45 heavy (non-hydrogen) atoms. The van der Waals surface area contributed by atoms with Gasteiger partial charge in [0.15, 0.2) is 0 Å². The van der Waals surface area contributed by atoms with Crippen molar-refractivity contribution in [3.05, 3.63) is 121 Å². The Balaban J connectivity index is 1.31. The number of fused-ring (bicyclic) bond motifs is 1. The van der Waals surface area contributed by atoms with Gasteiger partial charge in [-0.15, -0.1) is 0 Å². The Hall–Kier alpha value is -5.68. The fourth-order valence-electron chi connectivity index (χ4n) is 4.72. The SMILES string of the molecule is CN(C)CCOc1cccc(Nc2nccc(-c3c(-c4cccc(C(=O)Nc5ccc(F)cc5F)c4)nc4ccccn34)n2)c1. The van der Waals surface area contributed by atoms with E-state index in [9.17, 15) is 13.6 Å². The maximum atomic E-state index is 14.2. The number of likely N-dealkylation sites (N-methyl/N-ethyl adjacent to an activating group) is 1. The first-order valence-corrected chi connectivity index (χ1v) is 14.2. The molecule has 6 rings (SSSR count). The van der Waals surface area contributed by atoms with E-state index in [2.05, 4.69) is 20.5 Å². The molecule has 3 aromatic heterocycles. The molecule has 1 amide bonds. The van der Waals surface area contributed by atoms with Crippen LogP contribution in [0, 0.1) is 11.6 Å². The predicted octanol–water partition coefficient (Wildman–Crippen LogP) is 6.67. The molecule has 0 radical (unpaired) electrons. The van der Waals surface area contributed by atoms with E-state index in [1.165, 1.54) is 6.07 Å². The van der Waals surface area contributed by atoms with Gasteiger partial charge in [0, 0.05) is 47.9 Å². The highest BCUT2D eigenvalue weighted by Crippen LogP contribution is 2.33. The van der Waals surface area contributed by atoms with Crippen molar-refractivity contribution >= 4 is 28.9 Å². The second-order valence-electron chi connectivity index (χ2n) is 10.5. The monoisotopic (exact) mass is 605 g/mol. The van der Waals surface area contributed by atoms with Crippen molar-refractivity contribution in [2.75, 3.05) is 37.9 Å². The molecule has 226 valence electrons. The van der Waals surface area contributed by atoms with Crippen LogP contribution >= 0.6 is 0 Å². The van der Waals surface area contributed by atoms with Gasteiger partial charge in [-0.2, -0.15) is 0 Å². The van der Waals surface area contributed by atoms with Crippen molar-refractivity contribution < 1.29 is 18.3 Å². The number of carbonyl (C=O) groups is 1. The van der Waals surface area contributed by atoms with Gasteiger partial charge in [-0.25, -0.2) is 23.7 Å². The first-order chi connectivity index (χ1) is 21.8. The minimum Gasteiger partial charge on any atom is -0.492 e. The summed E-state index contributed by atoms with van der Waals surface area (Å²) in [6.07, 6.45) is 3.55. The number of hydrogen-bond donors (Lipinski definition) is 2. The average molecular weight is 606 g/mol.